The van der Waals surface area contributed by atoms with Gasteiger partial charge in [-0.15, -0.1) is 0 Å². The molecule has 1 heterocycles. The van der Waals surface area contributed by atoms with Gasteiger partial charge in [-0.05, 0) is 33.8 Å². The van der Waals surface area contributed by atoms with Crippen molar-refractivity contribution in [2.24, 2.45) is 0 Å². The van der Waals surface area contributed by atoms with Crippen molar-refractivity contribution in [3.05, 3.63) is 28.2 Å². The molecule has 84 valence electrons. The Kier molecular flexibility index (Phi) is 3.19. The van der Waals surface area contributed by atoms with E-state index in [4.69, 9.17) is 10.5 Å². The van der Waals surface area contributed by atoms with Crippen molar-refractivity contribution in [1.82, 2.24) is 4.57 Å². The van der Waals surface area contributed by atoms with E-state index in [2.05, 4.69) is 0 Å². The summed E-state index contributed by atoms with van der Waals surface area (Å²) in [5.41, 5.74) is 6.70. The van der Waals surface area contributed by atoms with Gasteiger partial charge in [-0.25, -0.2) is 0 Å². The van der Waals surface area contributed by atoms with Crippen LogP contribution in [0.2, 0.25) is 0 Å². The first-order valence-corrected chi connectivity index (χ1v) is 4.91. The molecular formula is C11H18N2O2. The van der Waals surface area contributed by atoms with Gasteiger partial charge < -0.3 is 10.5 Å². The number of hydrogen-bond donors (Lipinski definition) is 1. The lowest BCUT2D eigenvalue weighted by Crippen LogP contribution is -2.28. The minimum absolute atomic E-state index is 0.0917. The lowest BCUT2D eigenvalue weighted by Gasteiger charge is -2.21. The quantitative estimate of drug-likeness (QED) is 0.805. The second kappa shape index (κ2) is 4.06. The van der Waals surface area contributed by atoms with Crippen molar-refractivity contribution in [3.8, 4) is 0 Å². The van der Waals surface area contributed by atoms with E-state index in [1.54, 1.807) is 6.07 Å². The maximum absolute atomic E-state index is 11.5. The summed E-state index contributed by atoms with van der Waals surface area (Å²) in [7, 11) is 0. The Morgan fingerprint density at radius 2 is 2.00 bits per heavy atom. The van der Waals surface area contributed by atoms with Gasteiger partial charge in [0.2, 0.25) is 0 Å². The molecule has 0 amide bonds. The molecule has 2 N–H and O–H groups in total. The molecule has 1 aromatic rings. The molecule has 0 aromatic carbocycles. The SMILES string of the molecule is Cc1c(N)ccc(=O)n1COC(C)(C)C. The van der Waals surface area contributed by atoms with Crippen LogP contribution in [0.25, 0.3) is 0 Å². The molecule has 1 rings (SSSR count). The summed E-state index contributed by atoms with van der Waals surface area (Å²) < 4.78 is 7.07. The summed E-state index contributed by atoms with van der Waals surface area (Å²) in [6, 6.07) is 3.07. The van der Waals surface area contributed by atoms with Gasteiger partial charge in [-0.1, -0.05) is 0 Å². The van der Waals surface area contributed by atoms with Gasteiger partial charge in [0.15, 0.2) is 0 Å². The van der Waals surface area contributed by atoms with E-state index in [0.717, 1.165) is 5.69 Å². The van der Waals surface area contributed by atoms with E-state index >= 15 is 0 Å². The molecule has 0 fully saturated rings. The standard InChI is InChI=1S/C11H18N2O2/c1-8-9(12)5-6-10(14)13(8)7-15-11(2,3)4/h5-6H,7,12H2,1-4H3. The summed E-state index contributed by atoms with van der Waals surface area (Å²) in [5, 5.41) is 0. The maximum Gasteiger partial charge on any atom is 0.252 e. The molecule has 0 bridgehead atoms. The van der Waals surface area contributed by atoms with Crippen LogP contribution >= 0.6 is 0 Å². The number of nitrogen functional groups attached to an aromatic ring is 1. The molecule has 4 heteroatoms. The molecular weight excluding hydrogens is 192 g/mol. The van der Waals surface area contributed by atoms with Gasteiger partial charge in [-0.2, -0.15) is 0 Å². The maximum atomic E-state index is 11.5. The van der Waals surface area contributed by atoms with E-state index in [0.29, 0.717) is 5.69 Å². The Bertz CT molecular complexity index is 402. The fourth-order valence-electron chi connectivity index (χ4n) is 1.11. The first-order chi connectivity index (χ1) is 6.81. The second-order valence-corrected chi connectivity index (χ2v) is 4.53. The van der Waals surface area contributed by atoms with Crippen LogP contribution < -0.4 is 11.3 Å². The summed E-state index contributed by atoms with van der Waals surface area (Å²) in [5.74, 6) is 0. The minimum Gasteiger partial charge on any atom is -0.397 e. The van der Waals surface area contributed by atoms with Gasteiger partial charge in [0, 0.05) is 11.8 Å². The number of anilines is 1. The summed E-state index contributed by atoms with van der Waals surface area (Å²) in [6.07, 6.45) is 0. The largest absolute Gasteiger partial charge is 0.397 e. The first-order valence-electron chi connectivity index (χ1n) is 4.91. The molecule has 0 saturated carbocycles. The molecule has 0 spiro atoms. The average Bonchev–Trinajstić information content (AvgIpc) is 2.10. The summed E-state index contributed by atoms with van der Waals surface area (Å²) in [4.78, 5) is 11.5. The normalized spacial score (nSPS) is 11.7. The highest BCUT2D eigenvalue weighted by Gasteiger charge is 2.11. The molecule has 1 aromatic heterocycles. The zero-order valence-electron chi connectivity index (χ0n) is 9.70. The van der Waals surface area contributed by atoms with E-state index in [9.17, 15) is 4.79 Å². The third-order valence-corrected chi connectivity index (χ3v) is 2.12. The fourth-order valence-corrected chi connectivity index (χ4v) is 1.11. The number of hydrogen-bond acceptors (Lipinski definition) is 3. The van der Waals surface area contributed by atoms with Crippen LogP contribution in [0.1, 0.15) is 26.5 Å². The van der Waals surface area contributed by atoms with Crippen molar-refractivity contribution >= 4 is 5.69 Å². The van der Waals surface area contributed by atoms with Crippen molar-refractivity contribution in [2.45, 2.75) is 40.0 Å². The van der Waals surface area contributed by atoms with Gasteiger partial charge in [-0.3, -0.25) is 9.36 Å². The van der Waals surface area contributed by atoms with E-state index in [-0.39, 0.29) is 17.9 Å². The third-order valence-electron chi connectivity index (χ3n) is 2.12. The number of pyridine rings is 1. The number of ether oxygens (including phenoxy) is 1. The first kappa shape index (κ1) is 11.8. The number of rotatable bonds is 2. The van der Waals surface area contributed by atoms with Crippen LogP contribution in [-0.4, -0.2) is 10.2 Å². The molecule has 0 unspecified atom stereocenters. The van der Waals surface area contributed by atoms with Gasteiger partial charge in [0.05, 0.1) is 11.3 Å². The van der Waals surface area contributed by atoms with Gasteiger partial charge >= 0.3 is 0 Å². The lowest BCUT2D eigenvalue weighted by molar-refractivity contribution is -0.0451. The highest BCUT2D eigenvalue weighted by Crippen LogP contribution is 2.10. The van der Waals surface area contributed by atoms with Crippen LogP contribution in [0, 0.1) is 6.92 Å². The Balaban J connectivity index is 2.95. The number of nitrogens with two attached hydrogens (primary N) is 1. The monoisotopic (exact) mass is 210 g/mol. The molecule has 0 aliphatic rings. The Labute approximate surface area is 89.7 Å². The van der Waals surface area contributed by atoms with Crippen LogP contribution in [0.4, 0.5) is 5.69 Å². The van der Waals surface area contributed by atoms with Crippen LogP contribution in [0.3, 0.4) is 0 Å². The lowest BCUT2D eigenvalue weighted by atomic mass is 10.2. The Morgan fingerprint density at radius 3 is 2.53 bits per heavy atom. The minimum atomic E-state index is -0.267. The van der Waals surface area contributed by atoms with E-state index in [1.165, 1.54) is 10.6 Å². The molecule has 0 radical (unpaired) electrons. The summed E-state index contributed by atoms with van der Waals surface area (Å²) in [6.45, 7) is 7.88. The third kappa shape index (κ3) is 3.09. The Hall–Kier alpha value is -1.29. The van der Waals surface area contributed by atoms with Gasteiger partial charge in [0.1, 0.15) is 6.73 Å². The molecule has 0 saturated heterocycles. The van der Waals surface area contributed by atoms with Crippen LogP contribution in [-0.2, 0) is 11.5 Å². The molecule has 0 aliphatic carbocycles. The molecule has 15 heavy (non-hydrogen) atoms. The van der Waals surface area contributed by atoms with Crippen molar-refractivity contribution < 1.29 is 4.74 Å². The van der Waals surface area contributed by atoms with E-state index in [1.807, 2.05) is 27.7 Å². The van der Waals surface area contributed by atoms with Gasteiger partial charge in [0.25, 0.3) is 5.56 Å². The fraction of sp³-hybridized carbons (Fsp3) is 0.545. The predicted octanol–water partition coefficient (Wildman–Crippen LogP) is 1.51. The van der Waals surface area contributed by atoms with Crippen LogP contribution in [0.15, 0.2) is 16.9 Å². The second-order valence-electron chi connectivity index (χ2n) is 4.53. The van der Waals surface area contributed by atoms with Crippen molar-refractivity contribution in [1.29, 1.82) is 0 Å². The highest BCUT2D eigenvalue weighted by atomic mass is 16.5. The van der Waals surface area contributed by atoms with Crippen LogP contribution in [0.5, 0.6) is 0 Å². The number of nitrogens with zero attached hydrogens (tertiary/aromatic N) is 1. The Morgan fingerprint density at radius 1 is 1.40 bits per heavy atom. The average molecular weight is 210 g/mol. The topological polar surface area (TPSA) is 57.2 Å². The highest BCUT2D eigenvalue weighted by molar-refractivity contribution is 5.41. The summed E-state index contributed by atoms with van der Waals surface area (Å²) >= 11 is 0. The zero-order valence-corrected chi connectivity index (χ0v) is 9.70. The molecule has 4 nitrogen and oxygen atoms in total. The molecule has 0 atom stereocenters. The van der Waals surface area contributed by atoms with E-state index < -0.39 is 0 Å². The predicted molar refractivity (Wildman–Crippen MR) is 60.7 cm³/mol. The smallest absolute Gasteiger partial charge is 0.252 e. The van der Waals surface area contributed by atoms with Crippen molar-refractivity contribution in [2.75, 3.05) is 5.73 Å². The van der Waals surface area contributed by atoms with Crippen molar-refractivity contribution in [3.63, 3.8) is 0 Å². The molecule has 0 aliphatic heterocycles. The number of aromatic nitrogens is 1. The zero-order chi connectivity index (χ0) is 11.6.